The van der Waals surface area contributed by atoms with E-state index in [1.54, 1.807) is 0 Å². The van der Waals surface area contributed by atoms with E-state index in [0.717, 1.165) is 22.3 Å². The van der Waals surface area contributed by atoms with Gasteiger partial charge in [-0.1, -0.05) is 48.5 Å². The molecular formula is C22H22F2N2O6. The van der Waals surface area contributed by atoms with Crippen LogP contribution in [-0.2, 0) is 14.3 Å². The molecule has 0 aromatic heterocycles. The average molecular weight is 448 g/mol. The Morgan fingerprint density at radius 1 is 1.00 bits per heavy atom. The predicted molar refractivity (Wildman–Crippen MR) is 109 cm³/mol. The standard InChI is InChI=1S/C22H22F2N2O6/c23-19(24)9-17(20(28)25-10-18(27)21(29)30)26-22(31)32-11-16-14-7-3-1-5-12(14)13-6-2-4-8-15(13)16/h1-8,16-19,27H,9-11H2,(H,25,28)(H,26,31)(H,29,30). The number of halogens is 2. The minimum Gasteiger partial charge on any atom is -0.479 e. The van der Waals surface area contributed by atoms with Crippen molar-refractivity contribution in [2.75, 3.05) is 13.2 Å². The number of fused-ring (bicyclic) bond motifs is 3. The van der Waals surface area contributed by atoms with Crippen molar-refractivity contribution < 1.29 is 38.1 Å². The monoisotopic (exact) mass is 448 g/mol. The Balaban J connectivity index is 1.63. The summed E-state index contributed by atoms with van der Waals surface area (Å²) in [7, 11) is 0. The molecule has 10 heteroatoms. The molecule has 0 radical (unpaired) electrons. The van der Waals surface area contributed by atoms with Gasteiger partial charge >= 0.3 is 12.1 Å². The van der Waals surface area contributed by atoms with Gasteiger partial charge in [-0.25, -0.2) is 18.4 Å². The first kappa shape index (κ1) is 23.1. The lowest BCUT2D eigenvalue weighted by Crippen LogP contribution is -2.50. The van der Waals surface area contributed by atoms with E-state index < -0.39 is 49.5 Å². The lowest BCUT2D eigenvalue weighted by molar-refractivity contribution is -0.146. The molecule has 1 aliphatic carbocycles. The van der Waals surface area contributed by atoms with E-state index in [1.807, 2.05) is 53.8 Å². The van der Waals surface area contributed by atoms with Crippen molar-refractivity contribution >= 4 is 18.0 Å². The molecule has 4 N–H and O–H groups in total. The molecule has 1 aliphatic rings. The number of hydrogen-bond acceptors (Lipinski definition) is 5. The maximum Gasteiger partial charge on any atom is 0.407 e. The summed E-state index contributed by atoms with van der Waals surface area (Å²) in [5.74, 6) is -2.89. The van der Waals surface area contributed by atoms with Gasteiger partial charge in [-0.2, -0.15) is 0 Å². The van der Waals surface area contributed by atoms with Gasteiger partial charge in [0.25, 0.3) is 0 Å². The predicted octanol–water partition coefficient (Wildman–Crippen LogP) is 2.11. The maximum atomic E-state index is 12.9. The van der Waals surface area contributed by atoms with Crippen LogP contribution in [0.2, 0.25) is 0 Å². The van der Waals surface area contributed by atoms with Gasteiger partial charge in [-0.15, -0.1) is 0 Å². The number of aliphatic hydroxyl groups is 1. The van der Waals surface area contributed by atoms with Crippen molar-refractivity contribution in [2.24, 2.45) is 0 Å². The Labute approximate surface area is 182 Å². The largest absolute Gasteiger partial charge is 0.479 e. The van der Waals surface area contributed by atoms with E-state index in [4.69, 9.17) is 9.84 Å². The summed E-state index contributed by atoms with van der Waals surface area (Å²) in [6.45, 7) is -0.763. The number of amides is 2. The number of rotatable bonds is 9. The Hall–Kier alpha value is -3.53. The van der Waals surface area contributed by atoms with Crippen molar-refractivity contribution in [1.82, 2.24) is 10.6 Å². The molecular weight excluding hydrogens is 426 g/mol. The number of alkyl halides is 2. The van der Waals surface area contributed by atoms with Crippen LogP contribution in [0, 0.1) is 0 Å². The number of aliphatic carboxylic acids is 1. The lowest BCUT2D eigenvalue weighted by atomic mass is 9.98. The average Bonchev–Trinajstić information content (AvgIpc) is 3.08. The Morgan fingerprint density at radius 3 is 2.09 bits per heavy atom. The minimum atomic E-state index is -2.91. The molecule has 0 aliphatic heterocycles. The van der Waals surface area contributed by atoms with E-state index in [2.05, 4.69) is 5.32 Å². The van der Waals surface area contributed by atoms with Crippen molar-refractivity contribution in [2.45, 2.75) is 30.9 Å². The van der Waals surface area contributed by atoms with E-state index in [9.17, 15) is 28.3 Å². The highest BCUT2D eigenvalue weighted by Gasteiger charge is 2.30. The van der Waals surface area contributed by atoms with Crippen molar-refractivity contribution in [3.05, 3.63) is 59.7 Å². The van der Waals surface area contributed by atoms with Crippen LogP contribution in [0.5, 0.6) is 0 Å². The second-order valence-corrected chi connectivity index (χ2v) is 7.25. The number of carboxylic acid groups (broad SMARTS) is 1. The number of hydrogen-bond donors (Lipinski definition) is 4. The summed E-state index contributed by atoms with van der Waals surface area (Å²) >= 11 is 0. The molecule has 0 heterocycles. The Kier molecular flexibility index (Phi) is 7.37. The molecule has 8 nitrogen and oxygen atoms in total. The number of ether oxygens (including phenoxy) is 1. The molecule has 2 amide bonds. The van der Waals surface area contributed by atoms with Gasteiger partial charge in [0.1, 0.15) is 12.6 Å². The SMILES string of the molecule is O=C(NC(CC(F)F)C(=O)NCC(O)C(=O)O)OCC1c2ccccc2-c2ccccc21. The van der Waals surface area contributed by atoms with Crippen molar-refractivity contribution in [1.29, 1.82) is 0 Å². The van der Waals surface area contributed by atoms with E-state index >= 15 is 0 Å². The quantitative estimate of drug-likeness (QED) is 0.466. The van der Waals surface area contributed by atoms with Crippen molar-refractivity contribution in [3.63, 3.8) is 0 Å². The number of benzene rings is 2. The minimum absolute atomic E-state index is 0.0688. The van der Waals surface area contributed by atoms with E-state index in [1.165, 1.54) is 0 Å². The first-order chi connectivity index (χ1) is 15.3. The van der Waals surface area contributed by atoms with Crippen LogP contribution in [0.4, 0.5) is 13.6 Å². The zero-order chi connectivity index (χ0) is 23.3. The van der Waals surface area contributed by atoms with Crippen LogP contribution >= 0.6 is 0 Å². The van der Waals surface area contributed by atoms with Crippen LogP contribution in [0.15, 0.2) is 48.5 Å². The smallest absolute Gasteiger partial charge is 0.407 e. The topological polar surface area (TPSA) is 125 Å². The summed E-state index contributed by atoms with van der Waals surface area (Å²) in [6, 6.07) is 13.6. The molecule has 2 unspecified atom stereocenters. The van der Waals surface area contributed by atoms with Gasteiger partial charge < -0.3 is 25.6 Å². The molecule has 170 valence electrons. The van der Waals surface area contributed by atoms with Gasteiger partial charge in [0, 0.05) is 12.3 Å². The molecule has 0 bridgehead atoms. The first-order valence-corrected chi connectivity index (χ1v) is 9.86. The van der Waals surface area contributed by atoms with Crippen LogP contribution < -0.4 is 10.6 Å². The van der Waals surface area contributed by atoms with Gasteiger partial charge in [0.15, 0.2) is 6.10 Å². The molecule has 2 atom stereocenters. The molecule has 2 aromatic carbocycles. The van der Waals surface area contributed by atoms with Crippen LogP contribution in [0.1, 0.15) is 23.5 Å². The molecule has 0 fully saturated rings. The number of nitrogens with one attached hydrogen (secondary N) is 2. The summed E-state index contributed by atoms with van der Waals surface area (Å²) in [6.07, 6.45) is -6.88. The zero-order valence-corrected chi connectivity index (χ0v) is 16.8. The third kappa shape index (κ3) is 5.38. The van der Waals surface area contributed by atoms with Crippen LogP contribution in [0.25, 0.3) is 11.1 Å². The van der Waals surface area contributed by atoms with Gasteiger partial charge in [0.05, 0.1) is 6.54 Å². The third-order valence-corrected chi connectivity index (χ3v) is 5.12. The van der Waals surface area contributed by atoms with Gasteiger partial charge in [-0.05, 0) is 22.3 Å². The molecule has 3 rings (SSSR count). The molecule has 0 spiro atoms. The van der Waals surface area contributed by atoms with Gasteiger partial charge in [-0.3, -0.25) is 4.79 Å². The molecule has 2 aromatic rings. The first-order valence-electron chi connectivity index (χ1n) is 9.86. The third-order valence-electron chi connectivity index (χ3n) is 5.12. The second kappa shape index (κ2) is 10.2. The van der Waals surface area contributed by atoms with E-state index in [-0.39, 0.29) is 12.5 Å². The van der Waals surface area contributed by atoms with Gasteiger partial charge in [0.2, 0.25) is 12.3 Å². The van der Waals surface area contributed by atoms with E-state index in [0.29, 0.717) is 0 Å². The fraction of sp³-hybridized carbons (Fsp3) is 0.318. The number of carboxylic acids is 1. The molecule has 32 heavy (non-hydrogen) atoms. The second-order valence-electron chi connectivity index (χ2n) is 7.25. The fourth-order valence-electron chi connectivity index (χ4n) is 3.60. The zero-order valence-electron chi connectivity index (χ0n) is 16.8. The summed E-state index contributed by atoms with van der Waals surface area (Å²) in [5.41, 5.74) is 3.96. The highest BCUT2D eigenvalue weighted by Crippen LogP contribution is 2.44. The fourth-order valence-corrected chi connectivity index (χ4v) is 3.60. The van der Waals surface area contributed by atoms with Crippen LogP contribution in [0.3, 0.4) is 0 Å². The van der Waals surface area contributed by atoms with Crippen LogP contribution in [-0.4, -0.2) is 59.9 Å². The summed E-state index contributed by atoms with van der Waals surface area (Å²) in [5, 5.41) is 22.0. The normalized spacial score (nSPS) is 14.2. The molecule has 0 saturated heterocycles. The summed E-state index contributed by atoms with van der Waals surface area (Å²) < 4.78 is 31.0. The Morgan fingerprint density at radius 2 is 1.56 bits per heavy atom. The summed E-state index contributed by atoms with van der Waals surface area (Å²) in [4.78, 5) is 35.0. The lowest BCUT2D eigenvalue weighted by Gasteiger charge is -2.20. The molecule has 0 saturated carbocycles. The number of carbonyl (C=O) groups is 3. The highest BCUT2D eigenvalue weighted by atomic mass is 19.3. The number of alkyl carbamates (subject to hydrolysis) is 1. The maximum absolute atomic E-state index is 12.9. The Bertz CT molecular complexity index is 954. The number of carbonyl (C=O) groups excluding carboxylic acids is 2. The van der Waals surface area contributed by atoms with Crippen molar-refractivity contribution in [3.8, 4) is 11.1 Å². The highest BCUT2D eigenvalue weighted by molar-refractivity contribution is 5.86. The number of aliphatic hydroxyl groups excluding tert-OH is 1.